The first kappa shape index (κ1) is 18.1. The summed E-state index contributed by atoms with van der Waals surface area (Å²) in [5.74, 6) is 0.656. The number of ether oxygens (including phenoxy) is 1. The molecule has 7 nitrogen and oxygen atoms in total. The number of carbonyl (C=O) groups is 2. The number of hydrogen-bond donors (Lipinski definition) is 1. The van der Waals surface area contributed by atoms with Gasteiger partial charge in [0.1, 0.15) is 5.75 Å². The lowest BCUT2D eigenvalue weighted by atomic mass is 10.2. The number of nitrogens with zero attached hydrogens (tertiary/aromatic N) is 3. The zero-order valence-corrected chi connectivity index (χ0v) is 14.6. The molecule has 132 valence electrons. The maximum Gasteiger partial charge on any atom is 0.239 e. The van der Waals surface area contributed by atoms with Crippen LogP contribution in [-0.2, 0) is 9.59 Å². The topological polar surface area (TPSA) is 65.1 Å². The highest BCUT2D eigenvalue weighted by Crippen LogP contribution is 2.22. The third-order valence-corrected chi connectivity index (χ3v) is 4.23. The van der Waals surface area contributed by atoms with Gasteiger partial charge in [0.25, 0.3) is 0 Å². The van der Waals surface area contributed by atoms with Gasteiger partial charge in [0, 0.05) is 52.0 Å². The highest BCUT2D eigenvalue weighted by molar-refractivity contribution is 5.85. The van der Waals surface area contributed by atoms with E-state index < -0.39 is 0 Å². The van der Waals surface area contributed by atoms with Crippen LogP contribution in [0.2, 0.25) is 0 Å². The van der Waals surface area contributed by atoms with Crippen molar-refractivity contribution in [3.05, 3.63) is 24.3 Å². The molecule has 1 saturated heterocycles. The van der Waals surface area contributed by atoms with E-state index in [1.165, 1.54) is 4.90 Å². The molecule has 2 rings (SSSR count). The SMILES string of the molecule is CNC(=O)CN(C)C(=O)CN1CCN(c2cccc(OC)c2)CC1. The second-order valence-electron chi connectivity index (χ2n) is 5.89. The fourth-order valence-electron chi connectivity index (χ4n) is 2.67. The third kappa shape index (κ3) is 4.86. The Labute approximate surface area is 143 Å². The van der Waals surface area contributed by atoms with E-state index >= 15 is 0 Å². The van der Waals surface area contributed by atoms with Crippen molar-refractivity contribution in [1.82, 2.24) is 15.1 Å². The molecule has 7 heteroatoms. The average molecular weight is 334 g/mol. The van der Waals surface area contributed by atoms with Crippen LogP contribution in [0.3, 0.4) is 0 Å². The van der Waals surface area contributed by atoms with Crippen molar-refractivity contribution >= 4 is 17.5 Å². The van der Waals surface area contributed by atoms with Gasteiger partial charge in [-0.05, 0) is 12.1 Å². The van der Waals surface area contributed by atoms with E-state index in [2.05, 4.69) is 21.2 Å². The van der Waals surface area contributed by atoms with E-state index in [-0.39, 0.29) is 18.4 Å². The number of carbonyl (C=O) groups excluding carboxylic acids is 2. The molecule has 1 heterocycles. The van der Waals surface area contributed by atoms with Gasteiger partial charge in [0.15, 0.2) is 0 Å². The number of rotatable bonds is 6. The summed E-state index contributed by atoms with van der Waals surface area (Å²) in [4.78, 5) is 29.4. The van der Waals surface area contributed by atoms with Gasteiger partial charge in [-0.1, -0.05) is 6.07 Å². The minimum atomic E-state index is -0.159. The zero-order chi connectivity index (χ0) is 17.5. The molecule has 1 N–H and O–H groups in total. The maximum atomic E-state index is 12.2. The molecule has 0 radical (unpaired) electrons. The van der Waals surface area contributed by atoms with Crippen LogP contribution in [-0.4, -0.2) is 82.1 Å². The van der Waals surface area contributed by atoms with E-state index in [0.717, 1.165) is 37.6 Å². The van der Waals surface area contributed by atoms with Gasteiger partial charge in [0.2, 0.25) is 11.8 Å². The minimum Gasteiger partial charge on any atom is -0.497 e. The lowest BCUT2D eigenvalue weighted by Crippen LogP contribution is -2.50. The Bertz CT molecular complexity index is 571. The van der Waals surface area contributed by atoms with Crippen molar-refractivity contribution in [2.45, 2.75) is 0 Å². The Morgan fingerprint density at radius 3 is 2.58 bits per heavy atom. The number of hydrogen-bond acceptors (Lipinski definition) is 5. The number of amides is 2. The summed E-state index contributed by atoms with van der Waals surface area (Å²) in [6, 6.07) is 8.01. The highest BCUT2D eigenvalue weighted by Gasteiger charge is 2.21. The van der Waals surface area contributed by atoms with Crippen molar-refractivity contribution in [2.24, 2.45) is 0 Å². The molecule has 0 unspecified atom stereocenters. The van der Waals surface area contributed by atoms with Gasteiger partial charge in [0.05, 0.1) is 20.2 Å². The Morgan fingerprint density at radius 2 is 1.96 bits per heavy atom. The smallest absolute Gasteiger partial charge is 0.239 e. The molecule has 0 bridgehead atoms. The van der Waals surface area contributed by atoms with Crippen LogP contribution in [0.25, 0.3) is 0 Å². The summed E-state index contributed by atoms with van der Waals surface area (Å²) >= 11 is 0. The molecule has 0 saturated carbocycles. The summed E-state index contributed by atoms with van der Waals surface area (Å²) in [5, 5.41) is 2.52. The van der Waals surface area contributed by atoms with Crippen molar-refractivity contribution in [3.63, 3.8) is 0 Å². The molecular formula is C17H26N4O3. The van der Waals surface area contributed by atoms with Crippen LogP contribution in [0.1, 0.15) is 0 Å². The molecule has 0 aliphatic carbocycles. The first-order valence-corrected chi connectivity index (χ1v) is 8.09. The third-order valence-electron chi connectivity index (χ3n) is 4.23. The Morgan fingerprint density at radius 1 is 1.25 bits per heavy atom. The minimum absolute atomic E-state index is 0.0339. The molecule has 1 aliphatic rings. The lowest BCUT2D eigenvalue weighted by molar-refractivity contribution is -0.135. The predicted octanol–water partition coefficient (Wildman–Crippen LogP) is 0.0216. The second kappa shape index (κ2) is 8.54. The molecular weight excluding hydrogens is 308 g/mol. The van der Waals surface area contributed by atoms with Crippen LogP contribution < -0.4 is 15.0 Å². The van der Waals surface area contributed by atoms with Crippen molar-refractivity contribution < 1.29 is 14.3 Å². The van der Waals surface area contributed by atoms with Gasteiger partial charge in [-0.2, -0.15) is 0 Å². The van der Waals surface area contributed by atoms with Crippen molar-refractivity contribution in [1.29, 1.82) is 0 Å². The number of likely N-dealkylation sites (N-methyl/N-ethyl adjacent to an activating group) is 2. The molecule has 0 aromatic heterocycles. The van der Waals surface area contributed by atoms with Crippen LogP contribution in [0, 0.1) is 0 Å². The lowest BCUT2D eigenvalue weighted by Gasteiger charge is -2.36. The fraction of sp³-hybridized carbons (Fsp3) is 0.529. The average Bonchev–Trinajstić information content (AvgIpc) is 2.62. The summed E-state index contributed by atoms with van der Waals surface area (Å²) < 4.78 is 5.27. The van der Waals surface area contributed by atoms with Crippen molar-refractivity contribution in [2.75, 3.05) is 65.4 Å². The van der Waals surface area contributed by atoms with Gasteiger partial charge >= 0.3 is 0 Å². The number of benzene rings is 1. The van der Waals surface area contributed by atoms with Crippen LogP contribution in [0.4, 0.5) is 5.69 Å². The van der Waals surface area contributed by atoms with E-state index in [0.29, 0.717) is 6.54 Å². The van der Waals surface area contributed by atoms with Gasteiger partial charge in [-0.25, -0.2) is 0 Å². The Balaban J connectivity index is 1.82. The van der Waals surface area contributed by atoms with Crippen LogP contribution in [0.5, 0.6) is 5.75 Å². The van der Waals surface area contributed by atoms with Crippen LogP contribution >= 0.6 is 0 Å². The van der Waals surface area contributed by atoms with E-state index in [1.807, 2.05) is 18.2 Å². The molecule has 0 atom stereocenters. The monoisotopic (exact) mass is 334 g/mol. The molecule has 24 heavy (non-hydrogen) atoms. The fourth-order valence-corrected chi connectivity index (χ4v) is 2.67. The number of methoxy groups -OCH3 is 1. The quantitative estimate of drug-likeness (QED) is 0.795. The van der Waals surface area contributed by atoms with Crippen LogP contribution in [0.15, 0.2) is 24.3 Å². The van der Waals surface area contributed by atoms with Gasteiger partial charge < -0.3 is 19.9 Å². The van der Waals surface area contributed by atoms with Gasteiger partial charge in [-0.3, -0.25) is 14.5 Å². The Hall–Kier alpha value is -2.28. The van der Waals surface area contributed by atoms with Gasteiger partial charge in [-0.15, -0.1) is 0 Å². The first-order valence-electron chi connectivity index (χ1n) is 8.09. The summed E-state index contributed by atoms with van der Waals surface area (Å²) in [6.45, 7) is 3.80. The Kier molecular flexibility index (Phi) is 6.43. The molecule has 1 fully saturated rings. The normalized spacial score (nSPS) is 15.0. The number of piperazine rings is 1. The molecule has 2 amide bonds. The molecule has 1 aliphatic heterocycles. The van der Waals surface area contributed by atoms with E-state index in [4.69, 9.17) is 4.74 Å². The van der Waals surface area contributed by atoms with E-state index in [9.17, 15) is 9.59 Å². The molecule has 1 aromatic rings. The maximum absolute atomic E-state index is 12.2. The molecule has 1 aromatic carbocycles. The first-order chi connectivity index (χ1) is 11.5. The molecule has 0 spiro atoms. The second-order valence-corrected chi connectivity index (χ2v) is 5.89. The predicted molar refractivity (Wildman–Crippen MR) is 93.4 cm³/mol. The zero-order valence-electron chi connectivity index (χ0n) is 14.6. The number of anilines is 1. The highest BCUT2D eigenvalue weighted by atomic mass is 16.5. The summed E-state index contributed by atoms with van der Waals surface area (Å²) in [5.41, 5.74) is 1.14. The number of nitrogens with one attached hydrogen (secondary N) is 1. The van der Waals surface area contributed by atoms with E-state index in [1.54, 1.807) is 21.2 Å². The summed E-state index contributed by atoms with van der Waals surface area (Å²) in [6.07, 6.45) is 0. The standard InChI is InChI=1S/C17H26N4O3/c1-18-16(22)12-19(2)17(23)13-20-7-9-21(10-8-20)14-5-4-6-15(11-14)24-3/h4-6,11H,7-10,12-13H2,1-3H3,(H,18,22). The summed E-state index contributed by atoms with van der Waals surface area (Å²) in [7, 11) is 4.89. The van der Waals surface area contributed by atoms with Crippen molar-refractivity contribution in [3.8, 4) is 5.75 Å². The largest absolute Gasteiger partial charge is 0.497 e.